The Morgan fingerprint density at radius 2 is 1.87 bits per heavy atom. The lowest BCUT2D eigenvalue weighted by Gasteiger charge is -2.20. The van der Waals surface area contributed by atoms with Crippen LogP contribution in [-0.2, 0) is 9.53 Å². The Morgan fingerprint density at radius 3 is 2.43 bits per heavy atom. The van der Waals surface area contributed by atoms with Crippen molar-refractivity contribution < 1.29 is 28.7 Å². The van der Waals surface area contributed by atoms with Gasteiger partial charge in [-0.3, -0.25) is 14.9 Å². The molecule has 0 spiro atoms. The second-order valence-electron chi connectivity index (χ2n) is 5.09. The fraction of sp³-hybridized carbons (Fsp3) is 0.467. The summed E-state index contributed by atoms with van der Waals surface area (Å²) in [7, 11) is 2.68. The minimum absolute atomic E-state index is 0.129. The molecule has 1 atom stereocenters. The average Bonchev–Trinajstić information content (AvgIpc) is 2.55. The molecule has 1 saturated carbocycles. The fourth-order valence-electron chi connectivity index (χ4n) is 2.45. The third kappa shape index (κ3) is 3.58. The summed E-state index contributed by atoms with van der Waals surface area (Å²) in [6, 6.07) is 2.28. The number of hydrogen-bond acceptors (Lipinski definition) is 7. The van der Waals surface area contributed by atoms with Crippen LogP contribution in [0.1, 0.15) is 36.0 Å². The molecule has 1 aromatic carbocycles. The van der Waals surface area contributed by atoms with Crippen molar-refractivity contribution in [1.29, 1.82) is 0 Å². The molecular formula is C15H17NO7. The molecule has 0 amide bonds. The average molecular weight is 323 g/mol. The summed E-state index contributed by atoms with van der Waals surface area (Å²) in [5.41, 5.74) is -0.734. The molecule has 0 saturated heterocycles. The van der Waals surface area contributed by atoms with Crippen LogP contribution < -0.4 is 9.47 Å². The number of carbonyl (C=O) groups excluding carboxylic acids is 2. The van der Waals surface area contributed by atoms with Crippen LogP contribution in [0.4, 0.5) is 5.69 Å². The van der Waals surface area contributed by atoms with Gasteiger partial charge in [0.25, 0.3) is 5.69 Å². The molecule has 0 N–H and O–H groups in total. The zero-order chi connectivity index (χ0) is 17.0. The summed E-state index contributed by atoms with van der Waals surface area (Å²) in [6.45, 7) is 0. The first-order valence-corrected chi connectivity index (χ1v) is 7.12. The second-order valence-corrected chi connectivity index (χ2v) is 5.09. The fourth-order valence-corrected chi connectivity index (χ4v) is 2.45. The molecule has 1 aliphatic carbocycles. The lowest BCUT2D eigenvalue weighted by atomic mass is 9.96. The van der Waals surface area contributed by atoms with Crippen molar-refractivity contribution in [2.75, 3.05) is 14.2 Å². The highest BCUT2D eigenvalue weighted by molar-refractivity contribution is 5.97. The molecule has 2 rings (SSSR count). The number of Topliss-reactive ketones (excluding diaryl/α,β-unsaturated/α-hetero) is 1. The Morgan fingerprint density at radius 1 is 1.22 bits per heavy atom. The van der Waals surface area contributed by atoms with Gasteiger partial charge in [0.2, 0.25) is 0 Å². The molecule has 0 aromatic heterocycles. The minimum atomic E-state index is -0.919. The first-order valence-electron chi connectivity index (χ1n) is 7.12. The molecule has 0 aliphatic heterocycles. The van der Waals surface area contributed by atoms with Gasteiger partial charge in [-0.1, -0.05) is 0 Å². The van der Waals surface area contributed by atoms with Crippen molar-refractivity contribution in [3.05, 3.63) is 27.8 Å². The number of ether oxygens (including phenoxy) is 3. The molecule has 8 heteroatoms. The molecule has 8 nitrogen and oxygen atoms in total. The van der Waals surface area contributed by atoms with E-state index in [1.807, 2.05) is 0 Å². The topological polar surface area (TPSA) is 105 Å². The van der Waals surface area contributed by atoms with E-state index in [0.29, 0.717) is 12.8 Å². The van der Waals surface area contributed by atoms with Crippen LogP contribution in [0.25, 0.3) is 0 Å². The number of nitrogens with zero attached hydrogens (tertiary/aromatic N) is 1. The Hall–Kier alpha value is -2.64. The van der Waals surface area contributed by atoms with Gasteiger partial charge in [0.1, 0.15) is 5.56 Å². The number of rotatable bonds is 5. The standard InChI is InChI=1S/C15H17NO7/c1-21-13-7-9(10(16(19)20)8-14(13)22-2)15(18)23-12-6-4-3-5-11(12)17/h7-8,12H,3-6H2,1-2H3/t12-/m0/s1. The summed E-state index contributed by atoms with van der Waals surface area (Å²) < 4.78 is 15.2. The maximum Gasteiger partial charge on any atom is 0.346 e. The zero-order valence-corrected chi connectivity index (χ0v) is 12.9. The molecular weight excluding hydrogens is 306 g/mol. The van der Waals surface area contributed by atoms with Crippen molar-refractivity contribution in [2.24, 2.45) is 0 Å². The third-order valence-corrected chi connectivity index (χ3v) is 3.67. The number of benzene rings is 1. The molecule has 1 fully saturated rings. The quantitative estimate of drug-likeness (QED) is 0.465. The van der Waals surface area contributed by atoms with Crippen molar-refractivity contribution in [1.82, 2.24) is 0 Å². The lowest BCUT2D eigenvalue weighted by molar-refractivity contribution is -0.385. The zero-order valence-electron chi connectivity index (χ0n) is 12.9. The summed E-state index contributed by atoms with van der Waals surface area (Å²) in [4.78, 5) is 34.5. The van der Waals surface area contributed by atoms with Gasteiger partial charge in [-0.2, -0.15) is 0 Å². The Bertz CT molecular complexity index is 641. The van der Waals surface area contributed by atoms with Crippen molar-refractivity contribution in [3.63, 3.8) is 0 Å². The van der Waals surface area contributed by atoms with E-state index in [1.54, 1.807) is 0 Å². The highest BCUT2D eigenvalue weighted by Crippen LogP contribution is 2.35. The maximum atomic E-state index is 12.3. The second kappa shape index (κ2) is 7.08. The van der Waals surface area contributed by atoms with E-state index in [0.717, 1.165) is 18.9 Å². The van der Waals surface area contributed by atoms with Gasteiger partial charge >= 0.3 is 5.97 Å². The largest absolute Gasteiger partial charge is 0.493 e. The van der Waals surface area contributed by atoms with E-state index in [2.05, 4.69) is 0 Å². The van der Waals surface area contributed by atoms with Crippen LogP contribution in [0.15, 0.2) is 12.1 Å². The Kier molecular flexibility index (Phi) is 5.15. The number of hydrogen-bond donors (Lipinski definition) is 0. The number of carbonyl (C=O) groups is 2. The van der Waals surface area contributed by atoms with Gasteiger partial charge in [0.05, 0.1) is 25.2 Å². The first kappa shape index (κ1) is 16.7. The van der Waals surface area contributed by atoms with Crippen molar-refractivity contribution in [3.8, 4) is 11.5 Å². The SMILES string of the molecule is COc1cc(C(=O)O[C@H]2CCCCC2=O)c([N+](=O)[O-])cc1OC. The minimum Gasteiger partial charge on any atom is -0.493 e. The summed E-state index contributed by atoms with van der Waals surface area (Å²) in [5.74, 6) is -0.782. The number of esters is 1. The van der Waals surface area contributed by atoms with Crippen LogP contribution >= 0.6 is 0 Å². The van der Waals surface area contributed by atoms with Crippen LogP contribution in [0.2, 0.25) is 0 Å². The molecule has 0 unspecified atom stereocenters. The van der Waals surface area contributed by atoms with Gasteiger partial charge < -0.3 is 14.2 Å². The van der Waals surface area contributed by atoms with Gasteiger partial charge in [0, 0.05) is 12.5 Å². The third-order valence-electron chi connectivity index (χ3n) is 3.67. The molecule has 1 aromatic rings. The predicted molar refractivity (Wildman–Crippen MR) is 78.9 cm³/mol. The smallest absolute Gasteiger partial charge is 0.346 e. The molecule has 0 bridgehead atoms. The van der Waals surface area contributed by atoms with Gasteiger partial charge in [-0.25, -0.2) is 4.79 Å². The Labute approximate surface area is 132 Å². The number of nitro groups is 1. The van der Waals surface area contributed by atoms with Crippen molar-refractivity contribution in [2.45, 2.75) is 31.8 Å². The highest BCUT2D eigenvalue weighted by atomic mass is 16.6. The number of methoxy groups -OCH3 is 2. The molecule has 124 valence electrons. The van der Waals surface area contributed by atoms with Crippen LogP contribution in [0, 0.1) is 10.1 Å². The van der Waals surface area contributed by atoms with Crippen LogP contribution in [0.5, 0.6) is 11.5 Å². The van der Waals surface area contributed by atoms with Crippen LogP contribution in [-0.4, -0.2) is 37.0 Å². The molecule has 0 radical (unpaired) electrons. The predicted octanol–water partition coefficient (Wildman–Crippen LogP) is 2.28. The van der Waals surface area contributed by atoms with Gasteiger partial charge in [-0.15, -0.1) is 0 Å². The Balaban J connectivity index is 2.34. The van der Waals surface area contributed by atoms with Crippen molar-refractivity contribution >= 4 is 17.4 Å². The normalized spacial score (nSPS) is 17.5. The monoisotopic (exact) mass is 323 g/mol. The molecule has 23 heavy (non-hydrogen) atoms. The number of nitro benzene ring substituents is 1. The first-order chi connectivity index (χ1) is 11.0. The van der Waals surface area contributed by atoms with Gasteiger partial charge in [-0.05, 0) is 19.3 Å². The van der Waals surface area contributed by atoms with E-state index in [1.165, 1.54) is 20.3 Å². The van der Waals surface area contributed by atoms with E-state index in [-0.39, 0.29) is 22.8 Å². The maximum absolute atomic E-state index is 12.3. The molecule has 0 heterocycles. The number of ketones is 1. The summed E-state index contributed by atoms with van der Waals surface area (Å²) >= 11 is 0. The lowest BCUT2D eigenvalue weighted by Crippen LogP contribution is -2.30. The van der Waals surface area contributed by atoms with Crippen LogP contribution in [0.3, 0.4) is 0 Å². The summed E-state index contributed by atoms with van der Waals surface area (Å²) in [5, 5.41) is 11.2. The summed E-state index contributed by atoms with van der Waals surface area (Å²) in [6.07, 6.45) is 1.49. The molecule has 1 aliphatic rings. The van der Waals surface area contributed by atoms with Gasteiger partial charge in [0.15, 0.2) is 23.4 Å². The van der Waals surface area contributed by atoms with E-state index >= 15 is 0 Å². The van der Waals surface area contributed by atoms with E-state index in [4.69, 9.17) is 14.2 Å². The van der Waals surface area contributed by atoms with E-state index in [9.17, 15) is 19.7 Å². The van der Waals surface area contributed by atoms with E-state index < -0.39 is 22.7 Å². The highest BCUT2D eigenvalue weighted by Gasteiger charge is 2.31.